The van der Waals surface area contributed by atoms with Gasteiger partial charge in [-0.25, -0.2) is 15.0 Å². The van der Waals surface area contributed by atoms with Crippen molar-refractivity contribution in [1.82, 2.24) is 19.5 Å². The first-order valence-corrected chi connectivity index (χ1v) is 9.30. The van der Waals surface area contributed by atoms with Gasteiger partial charge in [0.05, 0.1) is 11.0 Å². The second-order valence-corrected chi connectivity index (χ2v) is 7.55. The van der Waals surface area contributed by atoms with E-state index in [9.17, 15) is 0 Å². The van der Waals surface area contributed by atoms with E-state index in [4.69, 9.17) is 15.0 Å². The third-order valence-electron chi connectivity index (χ3n) is 4.29. The Kier molecular flexibility index (Phi) is 4.25. The number of halogens is 1. The van der Waals surface area contributed by atoms with E-state index < -0.39 is 0 Å². The number of fused-ring (bicyclic) bond motifs is 2. The predicted molar refractivity (Wildman–Crippen MR) is 105 cm³/mol. The molecule has 126 valence electrons. The minimum absolute atomic E-state index is 0.614. The van der Waals surface area contributed by atoms with Gasteiger partial charge in [-0.15, -0.1) is 0 Å². The van der Waals surface area contributed by atoms with Crippen LogP contribution in [0.1, 0.15) is 20.3 Å². The molecule has 0 fully saturated rings. The van der Waals surface area contributed by atoms with Gasteiger partial charge in [-0.2, -0.15) is 0 Å². The fourth-order valence-corrected chi connectivity index (χ4v) is 3.18. The molecule has 2 aromatic heterocycles. The average Bonchev–Trinajstić information content (AvgIpc) is 2.96. The van der Waals surface area contributed by atoms with E-state index in [-0.39, 0.29) is 0 Å². The summed E-state index contributed by atoms with van der Waals surface area (Å²) in [7, 11) is 0. The lowest BCUT2D eigenvalue weighted by molar-refractivity contribution is 0.524. The minimum atomic E-state index is 0.614. The molecule has 0 aliphatic heterocycles. The van der Waals surface area contributed by atoms with Crippen LogP contribution in [0.3, 0.4) is 0 Å². The molecule has 0 unspecified atom stereocenters. The van der Waals surface area contributed by atoms with Gasteiger partial charge < -0.3 is 4.57 Å². The van der Waals surface area contributed by atoms with Crippen LogP contribution in [0.5, 0.6) is 0 Å². The summed E-state index contributed by atoms with van der Waals surface area (Å²) in [5.74, 6) is 1.54. The average molecular weight is 395 g/mol. The van der Waals surface area contributed by atoms with Gasteiger partial charge in [-0.1, -0.05) is 54.0 Å². The van der Waals surface area contributed by atoms with E-state index in [1.807, 2.05) is 36.4 Å². The Hall–Kier alpha value is -2.27. The molecule has 0 N–H and O–H groups in total. The summed E-state index contributed by atoms with van der Waals surface area (Å²) in [4.78, 5) is 14.4. The van der Waals surface area contributed by atoms with Crippen LogP contribution < -0.4 is 0 Å². The van der Waals surface area contributed by atoms with Crippen LogP contribution in [0, 0.1) is 5.92 Å². The van der Waals surface area contributed by atoms with Crippen LogP contribution in [0.4, 0.5) is 0 Å². The summed E-state index contributed by atoms with van der Waals surface area (Å²) in [6, 6.07) is 16.2. The molecule has 0 aliphatic carbocycles. The Bertz CT molecular complexity index is 1030. The summed E-state index contributed by atoms with van der Waals surface area (Å²) < 4.78 is 3.26. The molecule has 5 heteroatoms. The van der Waals surface area contributed by atoms with Crippen molar-refractivity contribution >= 4 is 38.3 Å². The first kappa shape index (κ1) is 16.2. The van der Waals surface area contributed by atoms with Crippen LogP contribution in [0.15, 0.2) is 53.0 Å². The Morgan fingerprint density at radius 2 is 1.60 bits per heavy atom. The van der Waals surface area contributed by atoms with Gasteiger partial charge >= 0.3 is 0 Å². The van der Waals surface area contributed by atoms with Crippen molar-refractivity contribution in [2.45, 2.75) is 26.8 Å². The molecule has 4 aromatic rings. The Morgan fingerprint density at radius 3 is 2.28 bits per heavy atom. The van der Waals surface area contributed by atoms with Crippen molar-refractivity contribution in [2.24, 2.45) is 5.92 Å². The monoisotopic (exact) mass is 394 g/mol. The van der Waals surface area contributed by atoms with Crippen molar-refractivity contribution in [3.8, 4) is 11.4 Å². The van der Waals surface area contributed by atoms with Crippen molar-refractivity contribution < 1.29 is 0 Å². The Morgan fingerprint density at radius 1 is 0.920 bits per heavy atom. The molecule has 4 rings (SSSR count). The van der Waals surface area contributed by atoms with Gasteiger partial charge in [0.2, 0.25) is 0 Å². The smallest absolute Gasteiger partial charge is 0.198 e. The third-order valence-corrected chi connectivity index (χ3v) is 4.82. The molecule has 0 saturated carbocycles. The highest BCUT2D eigenvalue weighted by molar-refractivity contribution is 9.10. The zero-order chi connectivity index (χ0) is 17.4. The lowest BCUT2D eigenvalue weighted by atomic mass is 10.1. The summed E-state index contributed by atoms with van der Waals surface area (Å²) in [6.07, 6.45) is 1.07. The number of para-hydroxylation sites is 2. The second-order valence-electron chi connectivity index (χ2n) is 6.64. The standard InChI is InChI=1S/C20H19BrN4/c1-13(2)11-12-25-19(14-7-9-15(21)10-8-14)24-18-20(25)23-17-6-4-3-5-16(17)22-18/h3-10,13H,11-12H2,1-2H3. The van der Waals surface area contributed by atoms with E-state index in [1.165, 1.54) is 0 Å². The van der Waals surface area contributed by atoms with Gasteiger partial charge in [0.25, 0.3) is 0 Å². The largest absolute Gasteiger partial charge is 0.307 e. The minimum Gasteiger partial charge on any atom is -0.307 e. The molecule has 4 nitrogen and oxygen atoms in total. The molecule has 0 saturated heterocycles. The van der Waals surface area contributed by atoms with Gasteiger partial charge in [0.1, 0.15) is 5.82 Å². The van der Waals surface area contributed by atoms with E-state index in [2.05, 4.69) is 46.5 Å². The molecule has 0 atom stereocenters. The quantitative estimate of drug-likeness (QED) is 0.461. The normalized spacial score (nSPS) is 11.7. The van der Waals surface area contributed by atoms with Crippen molar-refractivity contribution in [3.63, 3.8) is 0 Å². The highest BCUT2D eigenvalue weighted by Gasteiger charge is 2.16. The molecule has 2 heterocycles. The van der Waals surface area contributed by atoms with Gasteiger partial charge in [-0.05, 0) is 36.6 Å². The fourth-order valence-electron chi connectivity index (χ4n) is 2.92. The summed E-state index contributed by atoms with van der Waals surface area (Å²) in [5, 5.41) is 0. The number of benzene rings is 2. The molecule has 0 bridgehead atoms. The van der Waals surface area contributed by atoms with Crippen LogP contribution in [-0.2, 0) is 6.54 Å². The molecule has 0 amide bonds. The maximum absolute atomic E-state index is 4.85. The number of hydrogen-bond donors (Lipinski definition) is 0. The maximum Gasteiger partial charge on any atom is 0.198 e. The van der Waals surface area contributed by atoms with Crippen LogP contribution in [-0.4, -0.2) is 19.5 Å². The maximum atomic E-state index is 4.85. The third kappa shape index (κ3) is 3.16. The van der Waals surface area contributed by atoms with Crippen molar-refractivity contribution in [2.75, 3.05) is 0 Å². The summed E-state index contributed by atoms with van der Waals surface area (Å²) in [6.45, 7) is 5.35. The van der Waals surface area contributed by atoms with Crippen LogP contribution in [0.25, 0.3) is 33.7 Å². The predicted octanol–water partition coefficient (Wildman–Crippen LogP) is 5.46. The lowest BCUT2D eigenvalue weighted by Gasteiger charge is -2.10. The lowest BCUT2D eigenvalue weighted by Crippen LogP contribution is -2.04. The molecule has 2 aromatic carbocycles. The van der Waals surface area contributed by atoms with E-state index in [0.29, 0.717) is 11.6 Å². The molecule has 0 aliphatic rings. The first-order valence-electron chi connectivity index (χ1n) is 8.51. The molecular weight excluding hydrogens is 376 g/mol. The molecule has 25 heavy (non-hydrogen) atoms. The van der Waals surface area contributed by atoms with E-state index in [1.54, 1.807) is 0 Å². The second kappa shape index (κ2) is 6.56. The van der Waals surface area contributed by atoms with E-state index >= 15 is 0 Å². The van der Waals surface area contributed by atoms with Gasteiger partial charge in [0, 0.05) is 16.6 Å². The summed E-state index contributed by atoms with van der Waals surface area (Å²) >= 11 is 3.50. The van der Waals surface area contributed by atoms with Crippen LogP contribution >= 0.6 is 15.9 Å². The van der Waals surface area contributed by atoms with Crippen LogP contribution in [0.2, 0.25) is 0 Å². The molecule has 0 spiro atoms. The Balaban J connectivity index is 1.94. The first-order chi connectivity index (χ1) is 12.1. The van der Waals surface area contributed by atoms with Gasteiger partial charge in [-0.3, -0.25) is 0 Å². The van der Waals surface area contributed by atoms with Crippen molar-refractivity contribution in [1.29, 1.82) is 0 Å². The number of hydrogen-bond acceptors (Lipinski definition) is 3. The number of imidazole rings is 1. The van der Waals surface area contributed by atoms with Crippen molar-refractivity contribution in [3.05, 3.63) is 53.0 Å². The zero-order valence-electron chi connectivity index (χ0n) is 14.3. The fraction of sp³-hybridized carbons (Fsp3) is 0.250. The highest BCUT2D eigenvalue weighted by Crippen LogP contribution is 2.26. The highest BCUT2D eigenvalue weighted by atomic mass is 79.9. The Labute approximate surface area is 155 Å². The number of aromatic nitrogens is 4. The zero-order valence-corrected chi connectivity index (χ0v) is 15.9. The summed E-state index contributed by atoms with van der Waals surface area (Å²) in [5.41, 5.74) is 4.43. The van der Waals surface area contributed by atoms with E-state index in [0.717, 1.165) is 45.5 Å². The SMILES string of the molecule is CC(C)CCn1c(-c2ccc(Br)cc2)nc2nc3ccccc3nc21. The molecule has 0 radical (unpaired) electrons. The number of rotatable bonds is 4. The molecular formula is C20H19BrN4. The van der Waals surface area contributed by atoms with Gasteiger partial charge in [0.15, 0.2) is 11.3 Å². The topological polar surface area (TPSA) is 43.6 Å². The number of nitrogens with zero attached hydrogens (tertiary/aromatic N) is 4. The number of aryl methyl sites for hydroxylation is 1.